The van der Waals surface area contributed by atoms with Crippen LogP contribution in [0.5, 0.6) is 0 Å². The van der Waals surface area contributed by atoms with Gasteiger partial charge in [0.2, 0.25) is 0 Å². The number of nitrogens with one attached hydrogen (secondary N) is 1. The number of methoxy groups -OCH3 is 1. The Morgan fingerprint density at radius 2 is 2.05 bits per heavy atom. The van der Waals surface area contributed by atoms with Crippen molar-refractivity contribution in [3.05, 3.63) is 53.5 Å². The van der Waals surface area contributed by atoms with Crippen LogP contribution in [0.1, 0.15) is 16.8 Å². The van der Waals surface area contributed by atoms with E-state index in [1.807, 2.05) is 25.1 Å². The van der Waals surface area contributed by atoms with Crippen molar-refractivity contribution in [2.24, 2.45) is 0 Å². The molecule has 3 aromatic rings. The van der Waals surface area contributed by atoms with Gasteiger partial charge in [0, 0.05) is 25.4 Å². The number of ether oxygens (including phenoxy) is 1. The number of hydrogen-bond donors (Lipinski definition) is 1. The zero-order valence-corrected chi connectivity index (χ0v) is 12.1. The van der Waals surface area contributed by atoms with Crippen molar-refractivity contribution < 1.29 is 4.74 Å². The van der Waals surface area contributed by atoms with E-state index in [4.69, 9.17) is 4.74 Å². The summed E-state index contributed by atoms with van der Waals surface area (Å²) >= 11 is 0. The van der Waals surface area contributed by atoms with Gasteiger partial charge in [-0.05, 0) is 18.1 Å². The third kappa shape index (κ3) is 2.85. The number of nitrogens with zero attached hydrogens (tertiary/aromatic N) is 4. The van der Waals surface area contributed by atoms with E-state index < -0.39 is 0 Å². The van der Waals surface area contributed by atoms with E-state index in [2.05, 4.69) is 32.5 Å². The summed E-state index contributed by atoms with van der Waals surface area (Å²) in [5.74, 6) is 1.48. The van der Waals surface area contributed by atoms with E-state index in [9.17, 15) is 0 Å². The van der Waals surface area contributed by atoms with Gasteiger partial charge in [-0.2, -0.15) is 14.6 Å². The highest BCUT2D eigenvalue weighted by molar-refractivity contribution is 5.45. The molecule has 0 radical (unpaired) electrons. The van der Waals surface area contributed by atoms with Crippen LogP contribution in [0.15, 0.2) is 36.7 Å². The summed E-state index contributed by atoms with van der Waals surface area (Å²) in [6.07, 6.45) is 1.51. The average Bonchev–Trinajstić information content (AvgIpc) is 2.94. The number of fused-ring (bicyclic) bond motifs is 1. The van der Waals surface area contributed by atoms with Crippen molar-refractivity contribution in [1.82, 2.24) is 19.6 Å². The third-order valence-electron chi connectivity index (χ3n) is 3.26. The second-order valence-electron chi connectivity index (χ2n) is 4.81. The molecule has 1 aromatic carbocycles. The van der Waals surface area contributed by atoms with Crippen LogP contribution in [0, 0.1) is 6.92 Å². The first-order valence-electron chi connectivity index (χ1n) is 6.75. The molecule has 0 fully saturated rings. The van der Waals surface area contributed by atoms with Crippen molar-refractivity contribution in [1.29, 1.82) is 0 Å². The zero-order chi connectivity index (χ0) is 14.7. The van der Waals surface area contributed by atoms with Crippen LogP contribution < -0.4 is 5.32 Å². The topological polar surface area (TPSA) is 64.3 Å². The number of rotatable bonds is 5. The Bertz CT molecular complexity index is 753. The van der Waals surface area contributed by atoms with Gasteiger partial charge in [0.05, 0.1) is 6.61 Å². The molecular weight excluding hydrogens is 266 g/mol. The molecule has 0 spiro atoms. The first-order valence-corrected chi connectivity index (χ1v) is 6.75. The maximum absolute atomic E-state index is 5.23. The van der Waals surface area contributed by atoms with Crippen molar-refractivity contribution in [2.75, 3.05) is 12.4 Å². The van der Waals surface area contributed by atoms with Crippen molar-refractivity contribution >= 4 is 11.6 Å². The highest BCUT2D eigenvalue weighted by atomic mass is 16.5. The van der Waals surface area contributed by atoms with Gasteiger partial charge in [0.25, 0.3) is 5.78 Å². The predicted molar refractivity (Wildman–Crippen MR) is 80.0 cm³/mol. The molecule has 1 N–H and O–H groups in total. The smallest absolute Gasteiger partial charge is 0.254 e. The fraction of sp³-hybridized carbons (Fsp3) is 0.267. The molecular formula is C15H17N5O. The van der Waals surface area contributed by atoms with Crippen molar-refractivity contribution in [3.63, 3.8) is 0 Å². The van der Waals surface area contributed by atoms with Crippen molar-refractivity contribution in [2.45, 2.75) is 20.1 Å². The number of hydrogen-bond acceptors (Lipinski definition) is 5. The van der Waals surface area contributed by atoms with Crippen LogP contribution in [0.25, 0.3) is 5.78 Å². The fourth-order valence-corrected chi connectivity index (χ4v) is 2.27. The summed E-state index contributed by atoms with van der Waals surface area (Å²) in [6.45, 7) is 3.24. The number of aromatic nitrogens is 4. The van der Waals surface area contributed by atoms with Crippen molar-refractivity contribution in [3.8, 4) is 0 Å². The van der Waals surface area contributed by atoms with Gasteiger partial charge in [-0.3, -0.25) is 0 Å². The molecule has 0 aliphatic heterocycles. The number of benzene rings is 1. The maximum atomic E-state index is 5.23. The van der Waals surface area contributed by atoms with E-state index in [-0.39, 0.29) is 0 Å². The molecule has 108 valence electrons. The first-order chi connectivity index (χ1) is 10.3. The summed E-state index contributed by atoms with van der Waals surface area (Å²) in [7, 11) is 1.70. The molecule has 0 bridgehead atoms. The SMILES string of the molecule is COCc1ccccc1CNc1cc(C)nc2ncnn12. The summed E-state index contributed by atoms with van der Waals surface area (Å²) < 4.78 is 6.93. The second kappa shape index (κ2) is 5.88. The summed E-state index contributed by atoms with van der Waals surface area (Å²) in [6, 6.07) is 10.2. The molecule has 0 saturated carbocycles. The van der Waals surface area contributed by atoms with Gasteiger partial charge in [-0.1, -0.05) is 24.3 Å². The molecule has 6 nitrogen and oxygen atoms in total. The predicted octanol–water partition coefficient (Wildman–Crippen LogP) is 2.19. The largest absolute Gasteiger partial charge is 0.380 e. The Kier molecular flexibility index (Phi) is 3.79. The minimum atomic E-state index is 0.600. The monoisotopic (exact) mass is 283 g/mol. The minimum Gasteiger partial charge on any atom is -0.380 e. The maximum Gasteiger partial charge on any atom is 0.254 e. The summed E-state index contributed by atoms with van der Waals surface area (Å²) in [5.41, 5.74) is 3.28. The van der Waals surface area contributed by atoms with E-state index in [0.29, 0.717) is 18.9 Å². The highest BCUT2D eigenvalue weighted by Gasteiger charge is 2.06. The normalized spacial score (nSPS) is 11.0. The molecule has 6 heteroatoms. The Balaban J connectivity index is 1.85. The molecule has 3 rings (SSSR count). The first kappa shape index (κ1) is 13.5. The second-order valence-corrected chi connectivity index (χ2v) is 4.81. The van der Waals surface area contributed by atoms with Crippen LogP contribution >= 0.6 is 0 Å². The lowest BCUT2D eigenvalue weighted by Gasteiger charge is -2.12. The van der Waals surface area contributed by atoms with E-state index >= 15 is 0 Å². The summed E-state index contributed by atoms with van der Waals surface area (Å²) in [5, 5.41) is 7.58. The van der Waals surface area contributed by atoms with Crippen LogP contribution in [-0.4, -0.2) is 26.7 Å². The van der Waals surface area contributed by atoms with E-state index in [0.717, 1.165) is 11.5 Å². The minimum absolute atomic E-state index is 0.600. The lowest BCUT2D eigenvalue weighted by atomic mass is 10.1. The molecule has 0 atom stereocenters. The quantitative estimate of drug-likeness (QED) is 0.777. The van der Waals surface area contributed by atoms with Gasteiger partial charge in [0.1, 0.15) is 12.1 Å². The molecule has 0 unspecified atom stereocenters. The Labute approximate surface area is 122 Å². The van der Waals surface area contributed by atoms with E-state index in [1.54, 1.807) is 11.6 Å². The Morgan fingerprint density at radius 1 is 1.24 bits per heavy atom. The molecule has 21 heavy (non-hydrogen) atoms. The molecule has 0 aliphatic carbocycles. The van der Waals surface area contributed by atoms with Gasteiger partial charge in [-0.15, -0.1) is 0 Å². The molecule has 0 amide bonds. The Hall–Kier alpha value is -2.47. The van der Waals surface area contributed by atoms with Gasteiger partial charge < -0.3 is 10.1 Å². The Morgan fingerprint density at radius 3 is 2.86 bits per heavy atom. The van der Waals surface area contributed by atoms with Gasteiger partial charge in [-0.25, -0.2) is 4.98 Å². The molecule has 2 heterocycles. The molecule has 0 saturated heterocycles. The number of anilines is 1. The standard InChI is InChI=1S/C15H17N5O/c1-11-7-14(20-15(19-11)17-10-18-20)16-8-12-5-3-4-6-13(12)9-21-2/h3-7,10,16H,8-9H2,1-2H3. The summed E-state index contributed by atoms with van der Waals surface area (Å²) in [4.78, 5) is 8.45. The van der Waals surface area contributed by atoms with Gasteiger partial charge >= 0.3 is 0 Å². The van der Waals surface area contributed by atoms with Crippen LogP contribution in [0.2, 0.25) is 0 Å². The lowest BCUT2D eigenvalue weighted by molar-refractivity contribution is 0.184. The zero-order valence-electron chi connectivity index (χ0n) is 12.1. The van der Waals surface area contributed by atoms with Crippen LogP contribution in [0.4, 0.5) is 5.82 Å². The van der Waals surface area contributed by atoms with E-state index in [1.165, 1.54) is 17.5 Å². The highest BCUT2D eigenvalue weighted by Crippen LogP contribution is 2.14. The number of aryl methyl sites for hydroxylation is 1. The van der Waals surface area contributed by atoms with Gasteiger partial charge in [0.15, 0.2) is 0 Å². The third-order valence-corrected chi connectivity index (χ3v) is 3.26. The lowest BCUT2D eigenvalue weighted by Crippen LogP contribution is -2.08. The molecule has 2 aromatic heterocycles. The van der Waals surface area contributed by atoms with Crippen LogP contribution in [-0.2, 0) is 17.9 Å². The molecule has 0 aliphatic rings. The fourth-order valence-electron chi connectivity index (χ4n) is 2.27. The average molecular weight is 283 g/mol. The van der Waals surface area contributed by atoms with Crippen LogP contribution in [0.3, 0.4) is 0 Å².